The molecule has 18 heavy (non-hydrogen) atoms. The molecule has 2 rings (SSSR count). The maximum atomic E-state index is 8.68. The van der Waals surface area contributed by atoms with Gasteiger partial charge < -0.3 is 20.6 Å². The molecule has 1 atom stereocenters. The normalized spacial score (nSPS) is 21.1. The van der Waals surface area contributed by atoms with E-state index in [2.05, 4.69) is 22.0 Å². The van der Waals surface area contributed by atoms with Crippen LogP contribution in [0.1, 0.15) is 19.0 Å². The summed E-state index contributed by atoms with van der Waals surface area (Å²) in [6.07, 6.45) is 0.996. The first-order valence-electron chi connectivity index (χ1n) is 6.05. The first kappa shape index (κ1) is 12.6. The second-order valence-corrected chi connectivity index (χ2v) is 4.20. The second-order valence-electron chi connectivity index (χ2n) is 4.20. The Morgan fingerprint density at radius 2 is 2.50 bits per heavy atom. The highest BCUT2D eigenvalue weighted by Gasteiger charge is 2.22. The molecule has 0 bridgehead atoms. The van der Waals surface area contributed by atoms with E-state index >= 15 is 0 Å². The third-order valence-electron chi connectivity index (χ3n) is 3.10. The number of anilines is 1. The zero-order chi connectivity index (χ0) is 13.0. The fraction of sp³-hybridized carbons (Fsp3) is 0.500. The molecule has 0 aromatic carbocycles. The van der Waals surface area contributed by atoms with Crippen LogP contribution in [0.2, 0.25) is 0 Å². The summed E-state index contributed by atoms with van der Waals surface area (Å²) >= 11 is 0. The fourth-order valence-electron chi connectivity index (χ4n) is 2.07. The van der Waals surface area contributed by atoms with Crippen molar-refractivity contribution in [3.05, 3.63) is 23.9 Å². The highest BCUT2D eigenvalue weighted by molar-refractivity contribution is 5.95. The first-order chi connectivity index (χ1) is 8.76. The molecule has 3 N–H and O–H groups in total. The van der Waals surface area contributed by atoms with E-state index in [4.69, 9.17) is 15.7 Å². The molecule has 1 aliphatic heterocycles. The quantitative estimate of drug-likeness (QED) is 0.358. The van der Waals surface area contributed by atoms with Crippen LogP contribution in [0.5, 0.6) is 0 Å². The Labute approximate surface area is 106 Å². The highest BCUT2D eigenvalue weighted by Crippen LogP contribution is 2.19. The third-order valence-corrected chi connectivity index (χ3v) is 3.10. The van der Waals surface area contributed by atoms with Gasteiger partial charge in [0.05, 0.1) is 19.3 Å². The Kier molecular flexibility index (Phi) is 3.99. The van der Waals surface area contributed by atoms with Crippen LogP contribution < -0.4 is 10.6 Å². The van der Waals surface area contributed by atoms with Crippen LogP contribution in [0.25, 0.3) is 0 Å². The highest BCUT2D eigenvalue weighted by atomic mass is 16.5. The van der Waals surface area contributed by atoms with Gasteiger partial charge in [-0.25, -0.2) is 4.98 Å². The van der Waals surface area contributed by atoms with Gasteiger partial charge in [-0.05, 0) is 18.6 Å². The second kappa shape index (κ2) is 5.68. The maximum Gasteiger partial charge on any atom is 0.188 e. The van der Waals surface area contributed by atoms with Crippen LogP contribution >= 0.6 is 0 Å². The number of aromatic nitrogens is 1. The summed E-state index contributed by atoms with van der Waals surface area (Å²) in [7, 11) is 0. The van der Waals surface area contributed by atoms with Crippen molar-refractivity contribution >= 4 is 11.7 Å². The van der Waals surface area contributed by atoms with Gasteiger partial charge in [-0.1, -0.05) is 18.1 Å². The van der Waals surface area contributed by atoms with Crippen LogP contribution in [0.3, 0.4) is 0 Å². The average Bonchev–Trinajstić information content (AvgIpc) is 2.46. The van der Waals surface area contributed by atoms with Crippen LogP contribution in [0, 0.1) is 0 Å². The zero-order valence-electron chi connectivity index (χ0n) is 10.4. The van der Waals surface area contributed by atoms with E-state index < -0.39 is 0 Å². The molecular weight excluding hydrogens is 232 g/mol. The minimum atomic E-state index is 0.0261. The topological polar surface area (TPSA) is 84.0 Å². The van der Waals surface area contributed by atoms with Crippen molar-refractivity contribution in [3.8, 4) is 0 Å². The SMILES string of the molecule is CCC1COCCN1c1cccc(C(N)=NO)n1. The number of pyridine rings is 1. The lowest BCUT2D eigenvalue weighted by Gasteiger charge is -2.36. The number of hydrogen-bond acceptors (Lipinski definition) is 5. The van der Waals surface area contributed by atoms with Gasteiger partial charge in [-0.15, -0.1) is 0 Å². The van der Waals surface area contributed by atoms with Crippen molar-refractivity contribution in [2.45, 2.75) is 19.4 Å². The Hall–Kier alpha value is -1.82. The Balaban J connectivity index is 2.26. The van der Waals surface area contributed by atoms with Crippen LogP contribution in [-0.4, -0.2) is 41.8 Å². The predicted octanol–water partition coefficient (Wildman–Crippen LogP) is 0.791. The lowest BCUT2D eigenvalue weighted by atomic mass is 10.1. The minimum Gasteiger partial charge on any atom is -0.409 e. The van der Waals surface area contributed by atoms with E-state index in [0.29, 0.717) is 24.9 Å². The lowest BCUT2D eigenvalue weighted by molar-refractivity contribution is 0.0925. The molecule has 1 aromatic heterocycles. The summed E-state index contributed by atoms with van der Waals surface area (Å²) in [4.78, 5) is 6.63. The Bertz CT molecular complexity index is 436. The molecule has 0 radical (unpaired) electrons. The van der Waals surface area contributed by atoms with E-state index in [0.717, 1.165) is 18.8 Å². The third kappa shape index (κ3) is 2.53. The lowest BCUT2D eigenvalue weighted by Crippen LogP contribution is -2.45. The largest absolute Gasteiger partial charge is 0.409 e. The molecule has 6 nitrogen and oxygen atoms in total. The van der Waals surface area contributed by atoms with Gasteiger partial charge in [0.2, 0.25) is 0 Å². The van der Waals surface area contributed by atoms with E-state index in [1.165, 1.54) is 0 Å². The number of rotatable bonds is 3. The van der Waals surface area contributed by atoms with Gasteiger partial charge in [-0.3, -0.25) is 0 Å². The van der Waals surface area contributed by atoms with Crippen LogP contribution in [0.4, 0.5) is 5.82 Å². The molecule has 98 valence electrons. The summed E-state index contributed by atoms with van der Waals surface area (Å²) in [5.74, 6) is 0.868. The minimum absolute atomic E-state index is 0.0261. The van der Waals surface area contributed by atoms with Gasteiger partial charge in [-0.2, -0.15) is 0 Å². The number of morpholine rings is 1. The van der Waals surface area contributed by atoms with Crippen molar-refractivity contribution in [3.63, 3.8) is 0 Å². The number of nitrogens with zero attached hydrogens (tertiary/aromatic N) is 3. The maximum absolute atomic E-state index is 8.68. The summed E-state index contributed by atoms with van der Waals surface area (Å²) < 4.78 is 5.47. The standard InChI is InChI=1S/C12H18N4O2/c1-2-9-8-18-7-6-16(9)11-5-3-4-10(14-11)12(13)15-17/h3-5,9,17H,2,6-8H2,1H3,(H2,13,15). The molecule has 1 unspecified atom stereocenters. The first-order valence-corrected chi connectivity index (χ1v) is 6.05. The molecular formula is C12H18N4O2. The molecule has 1 aliphatic rings. The molecule has 1 saturated heterocycles. The van der Waals surface area contributed by atoms with Gasteiger partial charge in [0.15, 0.2) is 5.84 Å². The van der Waals surface area contributed by atoms with Gasteiger partial charge in [0, 0.05) is 6.54 Å². The number of nitrogens with two attached hydrogens (primary N) is 1. The zero-order valence-corrected chi connectivity index (χ0v) is 10.4. The van der Waals surface area contributed by atoms with Crippen molar-refractivity contribution in [1.82, 2.24) is 4.98 Å². The molecule has 0 spiro atoms. The molecule has 0 amide bonds. The van der Waals surface area contributed by atoms with E-state index in [-0.39, 0.29) is 5.84 Å². The number of amidine groups is 1. The van der Waals surface area contributed by atoms with E-state index in [1.54, 1.807) is 6.07 Å². The van der Waals surface area contributed by atoms with Gasteiger partial charge in [0.1, 0.15) is 11.5 Å². The molecule has 1 aromatic rings. The molecule has 1 fully saturated rings. The summed E-state index contributed by atoms with van der Waals surface area (Å²) in [5, 5.41) is 11.6. The number of hydrogen-bond donors (Lipinski definition) is 2. The van der Waals surface area contributed by atoms with Crippen molar-refractivity contribution in [2.75, 3.05) is 24.7 Å². The number of oxime groups is 1. The molecule has 0 saturated carbocycles. The fourth-order valence-corrected chi connectivity index (χ4v) is 2.07. The molecule has 2 heterocycles. The van der Waals surface area contributed by atoms with Crippen LogP contribution in [0.15, 0.2) is 23.4 Å². The Morgan fingerprint density at radius 3 is 3.22 bits per heavy atom. The van der Waals surface area contributed by atoms with Crippen molar-refractivity contribution in [1.29, 1.82) is 0 Å². The Morgan fingerprint density at radius 1 is 1.67 bits per heavy atom. The van der Waals surface area contributed by atoms with Crippen molar-refractivity contribution in [2.24, 2.45) is 10.9 Å². The van der Waals surface area contributed by atoms with Gasteiger partial charge in [0.25, 0.3) is 0 Å². The predicted molar refractivity (Wildman–Crippen MR) is 69.0 cm³/mol. The summed E-state index contributed by atoms with van der Waals surface area (Å²) in [6.45, 7) is 4.35. The molecule has 0 aliphatic carbocycles. The van der Waals surface area contributed by atoms with Crippen LogP contribution in [-0.2, 0) is 4.74 Å². The summed E-state index contributed by atoms with van der Waals surface area (Å²) in [6, 6.07) is 5.84. The summed E-state index contributed by atoms with van der Waals surface area (Å²) in [5.41, 5.74) is 6.04. The monoisotopic (exact) mass is 250 g/mol. The van der Waals surface area contributed by atoms with E-state index in [1.807, 2.05) is 12.1 Å². The van der Waals surface area contributed by atoms with Gasteiger partial charge >= 0.3 is 0 Å². The van der Waals surface area contributed by atoms with E-state index in [9.17, 15) is 0 Å². The smallest absolute Gasteiger partial charge is 0.188 e. The van der Waals surface area contributed by atoms with Crippen molar-refractivity contribution < 1.29 is 9.94 Å². The number of ether oxygens (including phenoxy) is 1. The average molecular weight is 250 g/mol. The molecule has 6 heteroatoms.